The Morgan fingerprint density at radius 1 is 1.50 bits per heavy atom. The number of likely N-dealkylation sites (N-methyl/N-ethyl adjacent to an activating group) is 1. The zero-order valence-corrected chi connectivity index (χ0v) is 10.6. The van der Waals surface area contributed by atoms with Gasteiger partial charge in [0.15, 0.2) is 0 Å². The maximum Gasteiger partial charge on any atom is 0.251 e. The molecular weight excluding hydrogens is 230 g/mol. The van der Waals surface area contributed by atoms with Crippen LogP contribution in [0.2, 0.25) is 0 Å². The topological polar surface area (TPSA) is 68.3 Å². The van der Waals surface area contributed by atoms with Crippen LogP contribution in [0.1, 0.15) is 19.3 Å². The van der Waals surface area contributed by atoms with Crippen LogP contribution in [0.15, 0.2) is 23.1 Å². The summed E-state index contributed by atoms with van der Waals surface area (Å²) in [6, 6.07) is 2.93. The molecule has 1 aliphatic carbocycles. The van der Waals surface area contributed by atoms with Crippen molar-refractivity contribution in [1.82, 2.24) is 9.47 Å². The van der Waals surface area contributed by atoms with Crippen molar-refractivity contribution in [2.24, 2.45) is 5.92 Å². The number of nitrogen functional groups attached to an aromatic ring is 1. The molecule has 1 aliphatic rings. The number of amides is 1. The van der Waals surface area contributed by atoms with Gasteiger partial charge in [-0.3, -0.25) is 9.59 Å². The maximum absolute atomic E-state index is 12.0. The fraction of sp³-hybridized carbons (Fsp3) is 0.538. The molecule has 5 nitrogen and oxygen atoms in total. The Kier molecular flexibility index (Phi) is 3.69. The standard InChI is InChI=1S/C13H19N3O2/c1-15(7-10-3-2-4-10)13(18)9-16-8-11(14)5-6-12(16)17/h5-6,8,10H,2-4,7,9,14H2,1H3. The molecule has 1 aromatic heterocycles. The van der Waals surface area contributed by atoms with Gasteiger partial charge in [0.25, 0.3) is 5.56 Å². The van der Waals surface area contributed by atoms with Gasteiger partial charge in [-0.2, -0.15) is 0 Å². The van der Waals surface area contributed by atoms with E-state index >= 15 is 0 Å². The number of aromatic nitrogens is 1. The molecule has 1 saturated carbocycles. The zero-order chi connectivity index (χ0) is 13.1. The lowest BCUT2D eigenvalue weighted by Gasteiger charge is -2.30. The number of hydrogen-bond acceptors (Lipinski definition) is 3. The zero-order valence-electron chi connectivity index (χ0n) is 10.6. The second kappa shape index (κ2) is 5.25. The quantitative estimate of drug-likeness (QED) is 0.853. The van der Waals surface area contributed by atoms with Crippen molar-refractivity contribution in [3.8, 4) is 0 Å². The monoisotopic (exact) mass is 249 g/mol. The number of carbonyl (C=O) groups is 1. The summed E-state index contributed by atoms with van der Waals surface area (Å²) in [7, 11) is 1.79. The van der Waals surface area contributed by atoms with Crippen LogP contribution in [0.3, 0.4) is 0 Å². The molecule has 5 heteroatoms. The number of pyridine rings is 1. The molecule has 0 atom stereocenters. The minimum Gasteiger partial charge on any atom is -0.398 e. The van der Waals surface area contributed by atoms with Crippen molar-refractivity contribution in [3.05, 3.63) is 28.7 Å². The van der Waals surface area contributed by atoms with Crippen molar-refractivity contribution in [2.45, 2.75) is 25.8 Å². The van der Waals surface area contributed by atoms with Gasteiger partial charge in [0.1, 0.15) is 6.54 Å². The fourth-order valence-corrected chi connectivity index (χ4v) is 2.10. The van der Waals surface area contributed by atoms with E-state index < -0.39 is 0 Å². The van der Waals surface area contributed by atoms with E-state index in [0.717, 1.165) is 6.54 Å². The lowest BCUT2D eigenvalue weighted by molar-refractivity contribution is -0.131. The predicted molar refractivity (Wildman–Crippen MR) is 70.1 cm³/mol. The summed E-state index contributed by atoms with van der Waals surface area (Å²) in [5, 5.41) is 0. The average molecular weight is 249 g/mol. The first-order valence-corrected chi connectivity index (χ1v) is 6.26. The summed E-state index contributed by atoms with van der Waals surface area (Å²) in [4.78, 5) is 25.2. The lowest BCUT2D eigenvalue weighted by atomic mass is 9.85. The van der Waals surface area contributed by atoms with E-state index in [0.29, 0.717) is 11.6 Å². The highest BCUT2D eigenvalue weighted by Gasteiger charge is 2.21. The smallest absolute Gasteiger partial charge is 0.251 e. The highest BCUT2D eigenvalue weighted by molar-refractivity contribution is 5.75. The second-order valence-corrected chi connectivity index (χ2v) is 5.00. The summed E-state index contributed by atoms with van der Waals surface area (Å²) in [5.41, 5.74) is 5.90. The maximum atomic E-state index is 12.0. The number of anilines is 1. The van der Waals surface area contributed by atoms with Crippen LogP contribution in [-0.4, -0.2) is 29.0 Å². The summed E-state index contributed by atoms with van der Waals surface area (Å²) >= 11 is 0. The van der Waals surface area contributed by atoms with Gasteiger partial charge in [-0.25, -0.2) is 0 Å². The van der Waals surface area contributed by atoms with E-state index in [1.165, 1.54) is 36.1 Å². The third-order valence-electron chi connectivity index (χ3n) is 3.49. The van der Waals surface area contributed by atoms with Gasteiger partial charge in [0.2, 0.25) is 5.91 Å². The second-order valence-electron chi connectivity index (χ2n) is 5.00. The molecule has 0 saturated heterocycles. The van der Waals surface area contributed by atoms with Crippen molar-refractivity contribution >= 4 is 11.6 Å². The first kappa shape index (κ1) is 12.7. The SMILES string of the molecule is CN(CC1CCC1)C(=O)Cn1cc(N)ccc1=O. The minimum atomic E-state index is -0.199. The van der Waals surface area contributed by atoms with Gasteiger partial charge < -0.3 is 15.2 Å². The third kappa shape index (κ3) is 2.91. The number of nitrogens with two attached hydrogens (primary N) is 1. The molecule has 1 aromatic rings. The first-order valence-electron chi connectivity index (χ1n) is 6.26. The van der Waals surface area contributed by atoms with Crippen molar-refractivity contribution < 1.29 is 4.79 Å². The van der Waals surface area contributed by atoms with Crippen LogP contribution in [-0.2, 0) is 11.3 Å². The van der Waals surface area contributed by atoms with Crippen molar-refractivity contribution in [3.63, 3.8) is 0 Å². The molecule has 0 radical (unpaired) electrons. The van der Waals surface area contributed by atoms with E-state index in [1.54, 1.807) is 18.0 Å². The van der Waals surface area contributed by atoms with Crippen molar-refractivity contribution in [1.29, 1.82) is 0 Å². The predicted octanol–water partition coefficient (Wildman–Crippen LogP) is 0.689. The molecule has 2 rings (SSSR count). The number of carbonyl (C=O) groups excluding carboxylic acids is 1. The number of rotatable bonds is 4. The van der Waals surface area contributed by atoms with E-state index in [9.17, 15) is 9.59 Å². The summed E-state index contributed by atoms with van der Waals surface area (Å²) < 4.78 is 1.36. The average Bonchev–Trinajstić information content (AvgIpc) is 2.28. The first-order chi connectivity index (χ1) is 8.56. The number of nitrogens with zero attached hydrogens (tertiary/aromatic N) is 2. The Morgan fingerprint density at radius 2 is 2.22 bits per heavy atom. The van der Waals surface area contributed by atoms with E-state index in [2.05, 4.69) is 0 Å². The van der Waals surface area contributed by atoms with Gasteiger partial charge in [0.05, 0.1) is 0 Å². The van der Waals surface area contributed by atoms with Crippen LogP contribution in [0.25, 0.3) is 0 Å². The van der Waals surface area contributed by atoms with E-state index in [1.807, 2.05) is 0 Å². The molecular formula is C13H19N3O2. The normalized spacial score (nSPS) is 15.2. The largest absolute Gasteiger partial charge is 0.398 e. The molecule has 1 heterocycles. The molecule has 0 aromatic carbocycles. The fourth-order valence-electron chi connectivity index (χ4n) is 2.10. The van der Waals surface area contributed by atoms with Crippen LogP contribution in [0, 0.1) is 5.92 Å². The summed E-state index contributed by atoms with van der Waals surface area (Å²) in [6.45, 7) is 0.850. The Hall–Kier alpha value is -1.78. The van der Waals surface area contributed by atoms with Crippen LogP contribution < -0.4 is 11.3 Å². The van der Waals surface area contributed by atoms with E-state index in [-0.39, 0.29) is 18.0 Å². The Labute approximate surface area is 106 Å². The van der Waals surface area contributed by atoms with Gasteiger partial charge in [0, 0.05) is 31.5 Å². The molecule has 2 N–H and O–H groups in total. The minimum absolute atomic E-state index is 0.0467. The van der Waals surface area contributed by atoms with Gasteiger partial charge in [-0.15, -0.1) is 0 Å². The highest BCUT2D eigenvalue weighted by Crippen LogP contribution is 2.26. The molecule has 1 fully saturated rings. The van der Waals surface area contributed by atoms with Crippen molar-refractivity contribution in [2.75, 3.05) is 19.3 Å². The molecule has 0 unspecified atom stereocenters. The van der Waals surface area contributed by atoms with Gasteiger partial charge >= 0.3 is 0 Å². The van der Waals surface area contributed by atoms with Crippen LogP contribution in [0.4, 0.5) is 5.69 Å². The highest BCUT2D eigenvalue weighted by atomic mass is 16.2. The number of hydrogen-bond donors (Lipinski definition) is 1. The molecule has 18 heavy (non-hydrogen) atoms. The molecule has 0 bridgehead atoms. The Morgan fingerprint density at radius 3 is 2.83 bits per heavy atom. The van der Waals surface area contributed by atoms with E-state index in [4.69, 9.17) is 5.73 Å². The Bertz CT molecular complexity index is 491. The van der Waals surface area contributed by atoms with Crippen LogP contribution >= 0.6 is 0 Å². The van der Waals surface area contributed by atoms with Gasteiger partial charge in [-0.05, 0) is 24.8 Å². The molecule has 0 aliphatic heterocycles. The molecule has 0 spiro atoms. The third-order valence-corrected chi connectivity index (χ3v) is 3.49. The van der Waals surface area contributed by atoms with Gasteiger partial charge in [-0.1, -0.05) is 6.42 Å². The lowest BCUT2D eigenvalue weighted by Crippen LogP contribution is -2.38. The van der Waals surface area contributed by atoms with Crippen LogP contribution in [0.5, 0.6) is 0 Å². The molecule has 1 amide bonds. The molecule has 98 valence electrons. The summed E-state index contributed by atoms with van der Waals surface area (Å²) in [5.74, 6) is 0.589. The summed E-state index contributed by atoms with van der Waals surface area (Å²) in [6.07, 6.45) is 5.19. The Balaban J connectivity index is 1.97.